The molecule has 3 nitrogen and oxygen atoms in total. The van der Waals surface area contributed by atoms with Crippen LogP contribution in [0.1, 0.15) is 16.7 Å². The highest BCUT2D eigenvalue weighted by Crippen LogP contribution is 2.29. The van der Waals surface area contributed by atoms with Gasteiger partial charge in [0.05, 0.1) is 7.11 Å². The van der Waals surface area contributed by atoms with Crippen LogP contribution in [-0.4, -0.2) is 7.11 Å². The molecule has 0 radical (unpaired) electrons. The highest BCUT2D eigenvalue weighted by atomic mass is 19.1. The lowest BCUT2D eigenvalue weighted by Crippen LogP contribution is -2.02. The summed E-state index contributed by atoms with van der Waals surface area (Å²) >= 11 is 0. The van der Waals surface area contributed by atoms with E-state index in [0.29, 0.717) is 24.7 Å². The van der Waals surface area contributed by atoms with Crippen molar-refractivity contribution in [3.63, 3.8) is 0 Å². The van der Waals surface area contributed by atoms with E-state index >= 15 is 0 Å². The van der Waals surface area contributed by atoms with Gasteiger partial charge in [-0.2, -0.15) is 0 Å². The van der Waals surface area contributed by atoms with Gasteiger partial charge in [-0.3, -0.25) is 0 Å². The molecule has 134 valence electrons. The summed E-state index contributed by atoms with van der Waals surface area (Å²) in [5, 5.41) is 3.26. The van der Waals surface area contributed by atoms with Crippen molar-refractivity contribution in [2.24, 2.45) is 0 Å². The number of anilines is 1. The van der Waals surface area contributed by atoms with Crippen molar-refractivity contribution in [1.29, 1.82) is 0 Å². The Morgan fingerprint density at radius 1 is 0.923 bits per heavy atom. The fourth-order valence-corrected chi connectivity index (χ4v) is 2.64. The van der Waals surface area contributed by atoms with E-state index in [1.54, 1.807) is 19.2 Å². The summed E-state index contributed by atoms with van der Waals surface area (Å²) in [7, 11) is 1.63. The van der Waals surface area contributed by atoms with E-state index in [0.717, 1.165) is 16.8 Å². The molecule has 4 heteroatoms. The second-order valence-corrected chi connectivity index (χ2v) is 6.06. The van der Waals surface area contributed by atoms with Crippen LogP contribution in [0, 0.1) is 12.7 Å². The Labute approximate surface area is 153 Å². The summed E-state index contributed by atoms with van der Waals surface area (Å²) < 4.78 is 24.4. The minimum atomic E-state index is -0.243. The zero-order valence-corrected chi connectivity index (χ0v) is 15.0. The monoisotopic (exact) mass is 351 g/mol. The molecule has 0 amide bonds. The van der Waals surface area contributed by atoms with Gasteiger partial charge in [0.25, 0.3) is 0 Å². The van der Waals surface area contributed by atoms with Gasteiger partial charge < -0.3 is 14.8 Å². The molecule has 1 N–H and O–H groups in total. The third-order valence-electron chi connectivity index (χ3n) is 4.21. The first-order valence-electron chi connectivity index (χ1n) is 8.49. The van der Waals surface area contributed by atoms with Crippen molar-refractivity contribution in [3.8, 4) is 11.5 Å². The summed E-state index contributed by atoms with van der Waals surface area (Å²) in [5.74, 6) is 1.16. The highest BCUT2D eigenvalue weighted by Gasteiger charge is 2.07. The van der Waals surface area contributed by atoms with E-state index in [9.17, 15) is 4.39 Å². The Morgan fingerprint density at radius 2 is 1.69 bits per heavy atom. The molecule has 3 aromatic carbocycles. The third-order valence-corrected chi connectivity index (χ3v) is 4.21. The van der Waals surface area contributed by atoms with Gasteiger partial charge in [0, 0.05) is 12.2 Å². The SMILES string of the molecule is COc1cc(CNc2ccc(F)cc2)ccc1OCc1ccccc1C. The molecule has 0 heterocycles. The van der Waals surface area contributed by atoms with Crippen LogP contribution in [0.15, 0.2) is 66.7 Å². The molecule has 0 fully saturated rings. The van der Waals surface area contributed by atoms with Gasteiger partial charge in [-0.1, -0.05) is 30.3 Å². The third kappa shape index (κ3) is 4.54. The molecule has 0 aliphatic heterocycles. The minimum Gasteiger partial charge on any atom is -0.493 e. The largest absolute Gasteiger partial charge is 0.493 e. The zero-order chi connectivity index (χ0) is 18.4. The van der Waals surface area contributed by atoms with Crippen LogP contribution in [0.25, 0.3) is 0 Å². The van der Waals surface area contributed by atoms with Gasteiger partial charge in [-0.15, -0.1) is 0 Å². The smallest absolute Gasteiger partial charge is 0.161 e. The van der Waals surface area contributed by atoms with Crippen LogP contribution >= 0.6 is 0 Å². The van der Waals surface area contributed by atoms with Crippen molar-refractivity contribution < 1.29 is 13.9 Å². The number of nitrogens with one attached hydrogen (secondary N) is 1. The van der Waals surface area contributed by atoms with Crippen LogP contribution in [0.4, 0.5) is 10.1 Å². The van der Waals surface area contributed by atoms with Crippen molar-refractivity contribution in [3.05, 3.63) is 89.2 Å². The zero-order valence-electron chi connectivity index (χ0n) is 15.0. The number of halogens is 1. The van der Waals surface area contributed by atoms with Crippen LogP contribution in [0.3, 0.4) is 0 Å². The van der Waals surface area contributed by atoms with E-state index in [-0.39, 0.29) is 5.82 Å². The lowest BCUT2D eigenvalue weighted by Gasteiger charge is -2.14. The van der Waals surface area contributed by atoms with Crippen molar-refractivity contribution in [2.45, 2.75) is 20.1 Å². The van der Waals surface area contributed by atoms with Crippen LogP contribution in [-0.2, 0) is 13.2 Å². The first-order valence-corrected chi connectivity index (χ1v) is 8.49. The molecule has 0 unspecified atom stereocenters. The van der Waals surface area contributed by atoms with E-state index in [2.05, 4.69) is 24.4 Å². The highest BCUT2D eigenvalue weighted by molar-refractivity contribution is 5.47. The molecule has 3 rings (SSSR count). The molecule has 26 heavy (non-hydrogen) atoms. The topological polar surface area (TPSA) is 30.5 Å². The molecule has 0 bridgehead atoms. The maximum atomic E-state index is 13.0. The van der Waals surface area contributed by atoms with E-state index in [1.165, 1.54) is 17.7 Å². The molecule has 0 saturated heterocycles. The number of hydrogen-bond donors (Lipinski definition) is 1. The molecular weight excluding hydrogens is 329 g/mol. The number of ether oxygens (including phenoxy) is 2. The summed E-state index contributed by atoms with van der Waals surface area (Å²) in [5.41, 5.74) is 4.27. The molecule has 0 spiro atoms. The number of hydrogen-bond acceptors (Lipinski definition) is 3. The maximum absolute atomic E-state index is 13.0. The molecule has 0 atom stereocenters. The van der Waals surface area contributed by atoms with E-state index in [4.69, 9.17) is 9.47 Å². The number of methoxy groups -OCH3 is 1. The van der Waals surface area contributed by atoms with Crippen LogP contribution < -0.4 is 14.8 Å². The standard InChI is InChI=1S/C22H22FNO2/c1-16-5-3-4-6-18(16)15-26-21-12-7-17(13-22(21)25-2)14-24-20-10-8-19(23)9-11-20/h3-13,24H,14-15H2,1-2H3. The summed E-state index contributed by atoms with van der Waals surface area (Å²) in [6, 6.07) is 20.3. The van der Waals surface area contributed by atoms with Crippen molar-refractivity contribution in [2.75, 3.05) is 12.4 Å². The summed E-state index contributed by atoms with van der Waals surface area (Å²) in [6.07, 6.45) is 0. The quantitative estimate of drug-likeness (QED) is 0.624. The fourth-order valence-electron chi connectivity index (χ4n) is 2.64. The lowest BCUT2D eigenvalue weighted by molar-refractivity contribution is 0.283. The van der Waals surface area contributed by atoms with Gasteiger partial charge in [0.2, 0.25) is 0 Å². The first-order chi connectivity index (χ1) is 12.7. The molecule has 0 saturated carbocycles. The van der Waals surface area contributed by atoms with Crippen molar-refractivity contribution in [1.82, 2.24) is 0 Å². The normalized spacial score (nSPS) is 10.4. The van der Waals surface area contributed by atoms with Crippen LogP contribution in [0.2, 0.25) is 0 Å². The van der Waals surface area contributed by atoms with Gasteiger partial charge in [0.15, 0.2) is 11.5 Å². The van der Waals surface area contributed by atoms with E-state index < -0.39 is 0 Å². The fraction of sp³-hybridized carbons (Fsp3) is 0.182. The maximum Gasteiger partial charge on any atom is 0.161 e. The molecule has 3 aromatic rings. The van der Waals surface area contributed by atoms with E-state index in [1.807, 2.05) is 30.3 Å². The Hall–Kier alpha value is -3.01. The van der Waals surface area contributed by atoms with Gasteiger partial charge >= 0.3 is 0 Å². The first kappa shape index (κ1) is 17.8. The predicted octanol–water partition coefficient (Wildman–Crippen LogP) is 5.33. The molecule has 0 aromatic heterocycles. The molecule has 0 aliphatic rings. The average Bonchev–Trinajstić information content (AvgIpc) is 2.67. The molecular formula is C22H22FNO2. The Morgan fingerprint density at radius 3 is 2.42 bits per heavy atom. The van der Waals surface area contributed by atoms with Crippen molar-refractivity contribution >= 4 is 5.69 Å². The lowest BCUT2D eigenvalue weighted by atomic mass is 10.1. The Bertz CT molecular complexity index is 862. The van der Waals surface area contributed by atoms with Gasteiger partial charge in [0.1, 0.15) is 12.4 Å². The average molecular weight is 351 g/mol. The molecule has 0 aliphatic carbocycles. The van der Waals surface area contributed by atoms with Gasteiger partial charge in [-0.25, -0.2) is 4.39 Å². The number of aryl methyl sites for hydroxylation is 1. The Kier molecular flexibility index (Phi) is 5.74. The van der Waals surface area contributed by atoms with Crippen LogP contribution in [0.5, 0.6) is 11.5 Å². The number of rotatable bonds is 7. The summed E-state index contributed by atoms with van der Waals surface area (Å²) in [6.45, 7) is 3.18. The van der Waals surface area contributed by atoms with Gasteiger partial charge in [-0.05, 0) is 60.0 Å². The Balaban J connectivity index is 1.65. The summed E-state index contributed by atoms with van der Waals surface area (Å²) in [4.78, 5) is 0. The number of benzene rings is 3. The second kappa shape index (κ2) is 8.39. The second-order valence-electron chi connectivity index (χ2n) is 6.06. The minimum absolute atomic E-state index is 0.243. The predicted molar refractivity (Wildman–Crippen MR) is 102 cm³/mol.